The zero-order valence-corrected chi connectivity index (χ0v) is 11.4. The van der Waals surface area contributed by atoms with Crippen molar-refractivity contribution in [2.45, 2.75) is 13.5 Å². The summed E-state index contributed by atoms with van der Waals surface area (Å²) in [5, 5.41) is 9.21. The summed E-state index contributed by atoms with van der Waals surface area (Å²) < 4.78 is 19.1. The molecule has 3 nitrogen and oxygen atoms in total. The van der Waals surface area contributed by atoms with Crippen LogP contribution in [0.25, 0.3) is 0 Å². The quantitative estimate of drug-likeness (QED) is 0.925. The summed E-state index contributed by atoms with van der Waals surface area (Å²) in [6.45, 7) is 1.72. The lowest BCUT2D eigenvalue weighted by Gasteiger charge is -2.11. The summed E-state index contributed by atoms with van der Waals surface area (Å²) in [4.78, 5) is 10.9. The van der Waals surface area contributed by atoms with Crippen LogP contribution in [-0.2, 0) is 6.61 Å². The lowest BCUT2D eigenvalue weighted by atomic mass is 10.1. The van der Waals surface area contributed by atoms with Crippen molar-refractivity contribution in [2.75, 3.05) is 0 Å². The Bertz CT molecular complexity index is 635. The summed E-state index contributed by atoms with van der Waals surface area (Å²) in [5.41, 5.74) is 1.13. The van der Waals surface area contributed by atoms with E-state index < -0.39 is 11.8 Å². The van der Waals surface area contributed by atoms with Crippen molar-refractivity contribution >= 4 is 17.6 Å². The maximum Gasteiger partial charge on any atom is 0.335 e. The van der Waals surface area contributed by atoms with Crippen LogP contribution >= 0.6 is 11.6 Å². The molecule has 104 valence electrons. The molecule has 0 saturated heterocycles. The molecular formula is C15H12ClFO3. The van der Waals surface area contributed by atoms with E-state index in [0.717, 1.165) is 5.56 Å². The van der Waals surface area contributed by atoms with Gasteiger partial charge in [0.2, 0.25) is 0 Å². The number of carboxylic acids is 1. The van der Waals surface area contributed by atoms with Crippen molar-refractivity contribution in [3.8, 4) is 5.75 Å². The van der Waals surface area contributed by atoms with Crippen LogP contribution in [0, 0.1) is 12.7 Å². The Morgan fingerprint density at radius 2 is 2.10 bits per heavy atom. The highest BCUT2D eigenvalue weighted by Gasteiger charge is 2.10. The van der Waals surface area contributed by atoms with E-state index in [0.29, 0.717) is 5.75 Å². The van der Waals surface area contributed by atoms with Gasteiger partial charge in [0, 0.05) is 5.56 Å². The Labute approximate surface area is 120 Å². The molecule has 2 aromatic rings. The van der Waals surface area contributed by atoms with Crippen LogP contribution in [0.3, 0.4) is 0 Å². The highest BCUT2D eigenvalue weighted by Crippen LogP contribution is 2.24. The number of rotatable bonds is 4. The Kier molecular flexibility index (Phi) is 4.25. The van der Waals surface area contributed by atoms with E-state index in [2.05, 4.69) is 0 Å². The summed E-state index contributed by atoms with van der Waals surface area (Å²) in [6, 6.07) is 8.92. The lowest BCUT2D eigenvalue weighted by Crippen LogP contribution is -2.03. The molecule has 0 aliphatic carbocycles. The summed E-state index contributed by atoms with van der Waals surface area (Å²) in [6.07, 6.45) is 0. The second-order valence-corrected chi connectivity index (χ2v) is 4.68. The third kappa shape index (κ3) is 3.08. The number of ether oxygens (including phenoxy) is 1. The third-order valence-corrected chi connectivity index (χ3v) is 3.22. The highest BCUT2D eigenvalue weighted by molar-refractivity contribution is 6.31. The number of aromatic carboxylic acids is 1. The first kappa shape index (κ1) is 14.3. The average Bonchev–Trinajstić information content (AvgIpc) is 2.39. The molecule has 0 unspecified atom stereocenters. The number of carbonyl (C=O) groups is 1. The van der Waals surface area contributed by atoms with Gasteiger partial charge < -0.3 is 9.84 Å². The molecule has 0 atom stereocenters. The van der Waals surface area contributed by atoms with Crippen molar-refractivity contribution in [3.63, 3.8) is 0 Å². The van der Waals surface area contributed by atoms with Crippen molar-refractivity contribution < 1.29 is 19.0 Å². The number of carboxylic acid groups (broad SMARTS) is 1. The molecule has 5 heteroatoms. The van der Waals surface area contributed by atoms with Crippen molar-refractivity contribution in [2.24, 2.45) is 0 Å². The fourth-order valence-electron chi connectivity index (χ4n) is 1.71. The van der Waals surface area contributed by atoms with E-state index >= 15 is 0 Å². The molecule has 0 amide bonds. The maximum atomic E-state index is 13.6. The molecule has 0 radical (unpaired) electrons. The van der Waals surface area contributed by atoms with Crippen LogP contribution < -0.4 is 4.74 Å². The molecule has 0 aliphatic rings. The van der Waals surface area contributed by atoms with Crippen molar-refractivity contribution in [1.82, 2.24) is 0 Å². The molecule has 20 heavy (non-hydrogen) atoms. The van der Waals surface area contributed by atoms with Crippen molar-refractivity contribution in [3.05, 3.63) is 63.9 Å². The first-order valence-electron chi connectivity index (χ1n) is 5.88. The predicted molar refractivity (Wildman–Crippen MR) is 73.9 cm³/mol. The van der Waals surface area contributed by atoms with Crippen LogP contribution in [0.1, 0.15) is 21.5 Å². The van der Waals surface area contributed by atoms with Gasteiger partial charge in [-0.1, -0.05) is 23.7 Å². The standard InChI is InChI=1S/C15H12ClFO3/c1-9-5-6-10(15(18)19)7-14(9)20-8-11-12(16)3-2-4-13(11)17/h2-7H,8H2,1H3,(H,18,19). The molecule has 0 heterocycles. The average molecular weight is 295 g/mol. The third-order valence-electron chi connectivity index (χ3n) is 2.87. The molecule has 0 saturated carbocycles. The Morgan fingerprint density at radius 1 is 1.35 bits per heavy atom. The number of benzene rings is 2. The second kappa shape index (κ2) is 5.92. The molecule has 2 rings (SSSR count). The molecule has 0 aliphatic heterocycles. The van der Waals surface area contributed by atoms with Gasteiger partial charge >= 0.3 is 5.97 Å². The van der Waals surface area contributed by atoms with Crippen LogP contribution in [0.4, 0.5) is 4.39 Å². The van der Waals surface area contributed by atoms with Crippen LogP contribution in [0.15, 0.2) is 36.4 Å². The van der Waals surface area contributed by atoms with Gasteiger partial charge in [0.15, 0.2) is 0 Å². The topological polar surface area (TPSA) is 46.5 Å². The number of aryl methyl sites for hydroxylation is 1. The molecular weight excluding hydrogens is 283 g/mol. The minimum atomic E-state index is -1.04. The van der Waals surface area contributed by atoms with E-state index in [1.54, 1.807) is 19.1 Å². The van der Waals surface area contributed by atoms with Crippen LogP contribution in [-0.4, -0.2) is 11.1 Å². The SMILES string of the molecule is Cc1ccc(C(=O)O)cc1OCc1c(F)cccc1Cl. The normalized spacial score (nSPS) is 10.3. The molecule has 0 fully saturated rings. The first-order valence-corrected chi connectivity index (χ1v) is 6.26. The van der Waals surface area contributed by atoms with Gasteiger partial charge in [-0.25, -0.2) is 9.18 Å². The van der Waals surface area contributed by atoms with Gasteiger partial charge in [0.25, 0.3) is 0 Å². The number of halogens is 2. The summed E-state index contributed by atoms with van der Waals surface area (Å²) in [7, 11) is 0. The van der Waals surface area contributed by atoms with Gasteiger partial charge in [-0.2, -0.15) is 0 Å². The van der Waals surface area contributed by atoms with E-state index in [-0.39, 0.29) is 22.8 Å². The minimum absolute atomic E-state index is 0.0601. The smallest absolute Gasteiger partial charge is 0.335 e. The lowest BCUT2D eigenvalue weighted by molar-refractivity contribution is 0.0696. The first-order chi connectivity index (χ1) is 9.49. The summed E-state index contributed by atoms with van der Waals surface area (Å²) in [5.74, 6) is -1.10. The molecule has 1 N–H and O–H groups in total. The monoisotopic (exact) mass is 294 g/mol. The Hall–Kier alpha value is -2.07. The predicted octanol–water partition coefficient (Wildman–Crippen LogP) is 4.06. The second-order valence-electron chi connectivity index (χ2n) is 4.27. The fraction of sp³-hybridized carbons (Fsp3) is 0.133. The zero-order chi connectivity index (χ0) is 14.7. The Morgan fingerprint density at radius 3 is 2.75 bits per heavy atom. The van der Waals surface area contributed by atoms with E-state index in [1.165, 1.54) is 24.3 Å². The molecule has 0 spiro atoms. The summed E-state index contributed by atoms with van der Waals surface area (Å²) >= 11 is 5.90. The zero-order valence-electron chi connectivity index (χ0n) is 10.7. The fourth-order valence-corrected chi connectivity index (χ4v) is 1.93. The van der Waals surface area contributed by atoms with Crippen LogP contribution in [0.2, 0.25) is 5.02 Å². The van der Waals surface area contributed by atoms with Gasteiger partial charge in [-0.3, -0.25) is 0 Å². The van der Waals surface area contributed by atoms with Gasteiger partial charge in [0.05, 0.1) is 10.6 Å². The van der Waals surface area contributed by atoms with Gasteiger partial charge in [-0.15, -0.1) is 0 Å². The highest BCUT2D eigenvalue weighted by atomic mass is 35.5. The van der Waals surface area contributed by atoms with Crippen molar-refractivity contribution in [1.29, 1.82) is 0 Å². The van der Waals surface area contributed by atoms with Gasteiger partial charge in [-0.05, 0) is 36.8 Å². The minimum Gasteiger partial charge on any atom is -0.488 e. The number of hydrogen-bond donors (Lipinski definition) is 1. The maximum absolute atomic E-state index is 13.6. The Balaban J connectivity index is 2.23. The number of hydrogen-bond acceptors (Lipinski definition) is 2. The van der Waals surface area contributed by atoms with Gasteiger partial charge in [0.1, 0.15) is 18.2 Å². The molecule has 0 aromatic heterocycles. The molecule has 0 bridgehead atoms. The van der Waals surface area contributed by atoms with E-state index in [4.69, 9.17) is 21.4 Å². The van der Waals surface area contributed by atoms with Crippen LogP contribution in [0.5, 0.6) is 5.75 Å². The largest absolute Gasteiger partial charge is 0.488 e. The van der Waals surface area contributed by atoms with E-state index in [1.807, 2.05) is 0 Å². The van der Waals surface area contributed by atoms with E-state index in [9.17, 15) is 9.18 Å². The molecule has 2 aromatic carbocycles.